The van der Waals surface area contributed by atoms with Crippen LogP contribution in [0.15, 0.2) is 46.9 Å². The molecule has 0 aromatic heterocycles. The van der Waals surface area contributed by atoms with E-state index in [4.69, 9.17) is 0 Å². The van der Waals surface area contributed by atoms with Crippen molar-refractivity contribution in [2.24, 2.45) is 0 Å². The van der Waals surface area contributed by atoms with E-state index in [2.05, 4.69) is 26.8 Å². The monoisotopic (exact) mass is 368 g/mol. The highest BCUT2D eigenvalue weighted by Crippen LogP contribution is 2.17. The van der Waals surface area contributed by atoms with Gasteiger partial charge in [-0.1, -0.05) is 12.1 Å². The predicted molar refractivity (Wildman–Crippen MR) is 79.8 cm³/mol. The second kappa shape index (κ2) is 7.13. The van der Waals surface area contributed by atoms with E-state index in [-0.39, 0.29) is 16.5 Å². The van der Waals surface area contributed by atoms with Crippen molar-refractivity contribution in [2.75, 3.05) is 0 Å². The number of amides is 2. The second-order valence-electron chi connectivity index (χ2n) is 4.43. The quantitative estimate of drug-likeness (QED) is 0.818. The Balaban J connectivity index is 1.90. The van der Waals surface area contributed by atoms with Crippen LogP contribution in [0.4, 0.5) is 8.78 Å². The van der Waals surface area contributed by atoms with Gasteiger partial charge in [-0.25, -0.2) is 8.78 Å². The fraction of sp³-hybridized carbons (Fsp3) is 0.0667. The van der Waals surface area contributed by atoms with Crippen LogP contribution >= 0.6 is 15.9 Å². The summed E-state index contributed by atoms with van der Waals surface area (Å²) in [6.07, 6.45) is -0.00878. The average Bonchev–Trinajstić information content (AvgIpc) is 2.47. The Bertz CT molecular complexity index is 705. The number of hydrazine groups is 1. The standard InChI is InChI=1S/C15H11BrF2N2O2/c16-13-8-11(18)5-6-12(13)15(22)20-19-14(21)7-9-1-3-10(17)4-2-9/h1-6,8H,7H2,(H,19,21)(H,20,22). The Labute approximate surface area is 133 Å². The van der Waals surface area contributed by atoms with Gasteiger partial charge in [0.05, 0.1) is 12.0 Å². The van der Waals surface area contributed by atoms with Crippen molar-refractivity contribution in [2.45, 2.75) is 6.42 Å². The molecule has 114 valence electrons. The molecule has 2 N–H and O–H groups in total. The lowest BCUT2D eigenvalue weighted by Gasteiger charge is -2.08. The number of hydrogen-bond donors (Lipinski definition) is 2. The first-order valence-electron chi connectivity index (χ1n) is 6.24. The molecule has 0 aliphatic heterocycles. The molecule has 2 rings (SSSR count). The summed E-state index contributed by atoms with van der Waals surface area (Å²) in [5, 5.41) is 0. The van der Waals surface area contributed by atoms with Gasteiger partial charge in [-0.15, -0.1) is 0 Å². The van der Waals surface area contributed by atoms with E-state index in [1.807, 2.05) is 0 Å². The maximum atomic E-state index is 12.9. The van der Waals surface area contributed by atoms with Crippen molar-refractivity contribution >= 4 is 27.7 Å². The van der Waals surface area contributed by atoms with Crippen LogP contribution in [-0.2, 0) is 11.2 Å². The molecular weight excluding hydrogens is 358 g/mol. The Hall–Kier alpha value is -2.28. The number of carbonyl (C=O) groups is 2. The SMILES string of the molecule is O=C(Cc1ccc(F)cc1)NNC(=O)c1ccc(F)cc1Br. The van der Waals surface area contributed by atoms with Crippen molar-refractivity contribution in [3.63, 3.8) is 0 Å². The number of rotatable bonds is 3. The number of halogens is 3. The Morgan fingerprint density at radius 2 is 1.59 bits per heavy atom. The van der Waals surface area contributed by atoms with Crippen LogP contribution in [0, 0.1) is 11.6 Å². The number of carbonyl (C=O) groups excluding carboxylic acids is 2. The zero-order valence-electron chi connectivity index (χ0n) is 11.2. The summed E-state index contributed by atoms with van der Waals surface area (Å²) >= 11 is 3.07. The molecule has 7 heteroatoms. The van der Waals surface area contributed by atoms with Gasteiger partial charge in [0.15, 0.2) is 0 Å². The molecule has 0 spiro atoms. The molecule has 2 amide bonds. The molecule has 0 aliphatic rings. The average molecular weight is 369 g/mol. The van der Waals surface area contributed by atoms with Crippen LogP contribution in [0.3, 0.4) is 0 Å². The first-order valence-corrected chi connectivity index (χ1v) is 7.03. The lowest BCUT2D eigenvalue weighted by Crippen LogP contribution is -2.42. The van der Waals surface area contributed by atoms with Crippen molar-refractivity contribution < 1.29 is 18.4 Å². The van der Waals surface area contributed by atoms with Gasteiger partial charge in [0.1, 0.15) is 11.6 Å². The lowest BCUT2D eigenvalue weighted by molar-refractivity contribution is -0.121. The lowest BCUT2D eigenvalue weighted by atomic mass is 10.1. The summed E-state index contributed by atoms with van der Waals surface area (Å²) in [5.41, 5.74) is 5.26. The van der Waals surface area contributed by atoms with E-state index in [1.165, 1.54) is 30.3 Å². The summed E-state index contributed by atoms with van der Waals surface area (Å²) in [4.78, 5) is 23.5. The molecule has 0 aliphatic carbocycles. The van der Waals surface area contributed by atoms with Gasteiger partial charge < -0.3 is 0 Å². The molecule has 0 bridgehead atoms. The molecular formula is C15H11BrF2N2O2. The third-order valence-electron chi connectivity index (χ3n) is 2.77. The highest BCUT2D eigenvalue weighted by molar-refractivity contribution is 9.10. The molecule has 0 heterocycles. The van der Waals surface area contributed by atoms with E-state index in [0.717, 1.165) is 12.1 Å². The van der Waals surface area contributed by atoms with Crippen molar-refractivity contribution in [3.8, 4) is 0 Å². The van der Waals surface area contributed by atoms with Gasteiger partial charge in [-0.3, -0.25) is 20.4 Å². The zero-order chi connectivity index (χ0) is 16.1. The molecule has 0 atom stereocenters. The minimum absolute atomic E-state index is 0.00878. The smallest absolute Gasteiger partial charge is 0.270 e. The van der Waals surface area contributed by atoms with Gasteiger partial charge in [0.2, 0.25) is 5.91 Å². The van der Waals surface area contributed by atoms with E-state index >= 15 is 0 Å². The minimum atomic E-state index is -0.584. The van der Waals surface area contributed by atoms with Gasteiger partial charge >= 0.3 is 0 Å². The maximum absolute atomic E-state index is 12.9. The normalized spacial score (nSPS) is 10.1. The van der Waals surface area contributed by atoms with E-state index in [9.17, 15) is 18.4 Å². The summed E-state index contributed by atoms with van der Waals surface area (Å²) < 4.78 is 26.0. The largest absolute Gasteiger partial charge is 0.273 e. The summed E-state index contributed by atoms with van der Waals surface area (Å²) in [6.45, 7) is 0. The van der Waals surface area contributed by atoms with E-state index < -0.39 is 23.4 Å². The van der Waals surface area contributed by atoms with Crippen LogP contribution in [0.5, 0.6) is 0 Å². The summed E-state index contributed by atoms with van der Waals surface area (Å²) in [7, 11) is 0. The number of nitrogens with one attached hydrogen (secondary N) is 2. The van der Waals surface area contributed by atoms with Crippen LogP contribution in [0.25, 0.3) is 0 Å². The Kier molecular flexibility index (Phi) is 5.21. The Morgan fingerprint density at radius 1 is 0.955 bits per heavy atom. The van der Waals surface area contributed by atoms with Crippen molar-refractivity contribution in [3.05, 3.63) is 69.7 Å². The summed E-state index contributed by atoms with van der Waals surface area (Å²) in [5.74, 6) is -1.92. The molecule has 22 heavy (non-hydrogen) atoms. The van der Waals surface area contributed by atoms with Crippen LogP contribution < -0.4 is 10.9 Å². The summed E-state index contributed by atoms with van der Waals surface area (Å²) in [6, 6.07) is 9.03. The third kappa shape index (κ3) is 4.36. The first-order chi connectivity index (χ1) is 10.5. The highest BCUT2D eigenvalue weighted by Gasteiger charge is 2.12. The number of hydrogen-bond acceptors (Lipinski definition) is 2. The van der Waals surface area contributed by atoms with Gasteiger partial charge in [-0.2, -0.15) is 0 Å². The van der Waals surface area contributed by atoms with Gasteiger partial charge in [0.25, 0.3) is 5.91 Å². The molecule has 0 saturated heterocycles. The van der Waals surface area contributed by atoms with Gasteiger partial charge in [0, 0.05) is 4.47 Å². The highest BCUT2D eigenvalue weighted by atomic mass is 79.9. The predicted octanol–water partition coefficient (Wildman–Crippen LogP) is 2.73. The minimum Gasteiger partial charge on any atom is -0.273 e. The van der Waals surface area contributed by atoms with E-state index in [0.29, 0.717) is 5.56 Å². The molecule has 0 saturated carbocycles. The maximum Gasteiger partial charge on any atom is 0.270 e. The molecule has 2 aromatic rings. The zero-order valence-corrected chi connectivity index (χ0v) is 12.8. The molecule has 2 aromatic carbocycles. The second-order valence-corrected chi connectivity index (χ2v) is 5.28. The number of benzene rings is 2. The van der Waals surface area contributed by atoms with Crippen LogP contribution in [-0.4, -0.2) is 11.8 Å². The molecule has 4 nitrogen and oxygen atoms in total. The Morgan fingerprint density at radius 3 is 2.23 bits per heavy atom. The first kappa shape index (κ1) is 16.1. The van der Waals surface area contributed by atoms with Crippen LogP contribution in [0.2, 0.25) is 0 Å². The van der Waals surface area contributed by atoms with Crippen molar-refractivity contribution in [1.82, 2.24) is 10.9 Å². The van der Waals surface area contributed by atoms with Gasteiger partial charge in [-0.05, 0) is 51.8 Å². The fourth-order valence-electron chi connectivity index (χ4n) is 1.70. The molecule has 0 unspecified atom stereocenters. The molecule has 0 radical (unpaired) electrons. The third-order valence-corrected chi connectivity index (χ3v) is 3.43. The van der Waals surface area contributed by atoms with Crippen LogP contribution in [0.1, 0.15) is 15.9 Å². The topological polar surface area (TPSA) is 58.2 Å². The molecule has 0 fully saturated rings. The van der Waals surface area contributed by atoms with Crippen molar-refractivity contribution in [1.29, 1.82) is 0 Å². The fourth-order valence-corrected chi connectivity index (χ4v) is 2.23. The van der Waals surface area contributed by atoms with E-state index in [1.54, 1.807) is 0 Å².